The molecule has 29 heavy (non-hydrogen) atoms. The predicted molar refractivity (Wildman–Crippen MR) is 145 cm³/mol. The van der Waals surface area contributed by atoms with Gasteiger partial charge in [0.1, 0.15) is 0 Å². The fourth-order valence-corrected chi connectivity index (χ4v) is 6.03. The van der Waals surface area contributed by atoms with Crippen LogP contribution in [-0.4, -0.2) is 12.2 Å². The summed E-state index contributed by atoms with van der Waals surface area (Å²) < 4.78 is 11.8. The molecule has 0 saturated heterocycles. The summed E-state index contributed by atoms with van der Waals surface area (Å²) in [4.78, 5) is 0. The van der Waals surface area contributed by atoms with Crippen LogP contribution < -0.4 is 0 Å². The number of rotatable bonds is 22. The molecule has 0 fully saturated rings. The lowest BCUT2D eigenvalue weighted by Crippen LogP contribution is -2.18. The van der Waals surface area contributed by atoms with Crippen molar-refractivity contribution in [2.24, 2.45) is 5.92 Å². The van der Waals surface area contributed by atoms with Crippen molar-refractivity contribution in [2.45, 2.75) is 142 Å². The van der Waals surface area contributed by atoms with E-state index in [0.717, 1.165) is 0 Å². The van der Waals surface area contributed by atoms with E-state index in [9.17, 15) is 0 Å². The van der Waals surface area contributed by atoms with Gasteiger partial charge in [0.15, 0.2) is 0 Å². The van der Waals surface area contributed by atoms with Crippen molar-refractivity contribution in [3.05, 3.63) is 0 Å². The SMILES string of the molecule is CCCCCCC(OP)C(C)CCCCCCCCC(CCCCC)OP(P)P. The second kappa shape index (κ2) is 22.8. The van der Waals surface area contributed by atoms with Crippen molar-refractivity contribution in [1.29, 1.82) is 0 Å². The first-order valence-corrected chi connectivity index (χ1v) is 17.3. The molecule has 0 bridgehead atoms. The molecule has 0 radical (unpaired) electrons. The van der Waals surface area contributed by atoms with Gasteiger partial charge in [-0.2, -0.15) is 0 Å². The van der Waals surface area contributed by atoms with Crippen LogP contribution in [0.2, 0.25) is 0 Å². The third-order valence-electron chi connectivity index (χ3n) is 5.99. The van der Waals surface area contributed by atoms with Crippen molar-refractivity contribution in [3.63, 3.8) is 0 Å². The van der Waals surface area contributed by atoms with Gasteiger partial charge in [-0.05, 0) is 31.6 Å². The fourth-order valence-electron chi connectivity index (χ4n) is 4.03. The molecule has 6 heteroatoms. The molecule has 0 spiro atoms. The summed E-state index contributed by atoms with van der Waals surface area (Å²) in [5.41, 5.74) is 0. The summed E-state index contributed by atoms with van der Waals surface area (Å²) in [5.74, 6) is 0.684. The molecule has 2 nitrogen and oxygen atoms in total. The maximum absolute atomic E-state index is 6.12. The van der Waals surface area contributed by atoms with Gasteiger partial charge in [0.25, 0.3) is 0 Å². The van der Waals surface area contributed by atoms with Crippen LogP contribution in [0.25, 0.3) is 0 Å². The quantitative estimate of drug-likeness (QED) is 0.112. The lowest BCUT2D eigenvalue weighted by atomic mass is 9.93. The smallest absolute Gasteiger partial charge is 0.0643 e. The minimum Gasteiger partial charge on any atom is -0.362 e. The van der Waals surface area contributed by atoms with E-state index in [1.165, 1.54) is 109 Å². The van der Waals surface area contributed by atoms with E-state index in [1.54, 1.807) is 0 Å². The van der Waals surface area contributed by atoms with Crippen LogP contribution in [0.5, 0.6) is 0 Å². The third kappa shape index (κ3) is 20.0. The van der Waals surface area contributed by atoms with E-state index in [4.69, 9.17) is 9.05 Å². The largest absolute Gasteiger partial charge is 0.362 e. The zero-order valence-corrected chi connectivity index (χ0v) is 24.1. The predicted octanol–water partition coefficient (Wildman–Crippen LogP) is 9.83. The minimum atomic E-state index is -0.391. The van der Waals surface area contributed by atoms with Crippen molar-refractivity contribution < 1.29 is 9.05 Å². The van der Waals surface area contributed by atoms with Gasteiger partial charge in [0.05, 0.1) is 19.7 Å². The number of hydrogen-bond acceptors (Lipinski definition) is 2. The Kier molecular flexibility index (Phi) is 24.1. The van der Waals surface area contributed by atoms with Gasteiger partial charge in [-0.15, -0.1) is 0 Å². The summed E-state index contributed by atoms with van der Waals surface area (Å²) in [6.07, 6.45) is 23.4. The Hall–Kier alpha value is 1.64. The highest BCUT2D eigenvalue weighted by molar-refractivity contribution is 8.41. The molecule has 0 amide bonds. The number of unbranched alkanes of at least 4 members (excludes halogenated alkanes) is 10. The van der Waals surface area contributed by atoms with Crippen LogP contribution in [0, 0.1) is 5.92 Å². The molecular formula is C23H52O2P4. The van der Waals surface area contributed by atoms with Crippen LogP contribution in [0.4, 0.5) is 0 Å². The molecule has 0 aliphatic carbocycles. The van der Waals surface area contributed by atoms with Crippen LogP contribution in [0.1, 0.15) is 130 Å². The Morgan fingerprint density at radius 1 is 0.655 bits per heavy atom. The second-order valence-corrected chi connectivity index (χ2v) is 14.8. The number of hydrogen-bond donors (Lipinski definition) is 0. The molecule has 0 N–H and O–H groups in total. The topological polar surface area (TPSA) is 18.5 Å². The van der Waals surface area contributed by atoms with Crippen molar-refractivity contribution in [3.8, 4) is 0 Å². The molecule has 6 atom stereocenters. The molecule has 0 saturated carbocycles. The van der Waals surface area contributed by atoms with Crippen molar-refractivity contribution >= 4 is 34.8 Å². The summed E-state index contributed by atoms with van der Waals surface area (Å²) in [5, 5.41) is 0. The standard InChI is InChI=1S/C23H52O2P4/c1-4-6-8-16-20-23(24-26)21(3)17-14-11-9-10-12-15-19-22(25-29(27)28)18-13-7-5-2/h21-23H,4-20,26-28H2,1-3H3. The van der Waals surface area contributed by atoms with Gasteiger partial charge in [-0.25, -0.2) is 0 Å². The van der Waals surface area contributed by atoms with Crippen LogP contribution in [0.15, 0.2) is 0 Å². The molecule has 0 heterocycles. The Labute approximate surface area is 191 Å². The summed E-state index contributed by atoms with van der Waals surface area (Å²) >= 11 is 0. The molecule has 6 unspecified atom stereocenters. The van der Waals surface area contributed by atoms with Gasteiger partial charge < -0.3 is 9.05 Å². The van der Waals surface area contributed by atoms with E-state index >= 15 is 0 Å². The Morgan fingerprint density at radius 3 is 1.66 bits per heavy atom. The van der Waals surface area contributed by atoms with Gasteiger partial charge in [-0.3, -0.25) is 0 Å². The van der Waals surface area contributed by atoms with Crippen LogP contribution in [-0.2, 0) is 9.05 Å². The van der Waals surface area contributed by atoms with E-state index in [0.29, 0.717) is 18.1 Å². The zero-order valence-electron chi connectivity index (χ0n) is 19.7. The summed E-state index contributed by atoms with van der Waals surface area (Å²) in [7, 11) is 7.74. The van der Waals surface area contributed by atoms with Crippen LogP contribution >= 0.6 is 34.8 Å². The van der Waals surface area contributed by atoms with Crippen molar-refractivity contribution in [2.75, 3.05) is 0 Å². The first kappa shape index (κ1) is 30.6. The van der Waals surface area contributed by atoms with E-state index < -0.39 is 7.53 Å². The highest BCUT2D eigenvalue weighted by Crippen LogP contribution is 2.55. The van der Waals surface area contributed by atoms with E-state index in [-0.39, 0.29) is 0 Å². The minimum absolute atomic E-state index is 0.391. The lowest BCUT2D eigenvalue weighted by Gasteiger charge is -2.22. The highest BCUT2D eigenvalue weighted by Gasteiger charge is 2.16. The monoisotopic (exact) mass is 484 g/mol. The third-order valence-corrected chi connectivity index (χ3v) is 7.61. The molecular weight excluding hydrogens is 432 g/mol. The normalized spacial score (nSPS) is 15.0. The molecule has 0 aromatic rings. The maximum Gasteiger partial charge on any atom is 0.0643 e. The van der Waals surface area contributed by atoms with E-state index in [2.05, 4.69) is 48.1 Å². The molecule has 0 aromatic heterocycles. The van der Waals surface area contributed by atoms with Crippen molar-refractivity contribution in [1.82, 2.24) is 0 Å². The first-order valence-electron chi connectivity index (χ1n) is 12.4. The molecule has 0 rings (SSSR count). The fraction of sp³-hybridized carbons (Fsp3) is 1.00. The summed E-state index contributed by atoms with van der Waals surface area (Å²) in [6, 6.07) is 0. The first-order chi connectivity index (χ1) is 14.0. The average Bonchev–Trinajstić information content (AvgIpc) is 2.69. The van der Waals surface area contributed by atoms with Gasteiger partial charge in [-0.1, -0.05) is 122 Å². The Balaban J connectivity index is 3.72. The van der Waals surface area contributed by atoms with Gasteiger partial charge >= 0.3 is 0 Å². The lowest BCUT2D eigenvalue weighted by molar-refractivity contribution is 0.147. The maximum atomic E-state index is 6.12. The highest BCUT2D eigenvalue weighted by atomic mass is 32.4. The second-order valence-electron chi connectivity index (χ2n) is 8.78. The molecule has 0 aliphatic heterocycles. The van der Waals surface area contributed by atoms with Crippen LogP contribution in [0.3, 0.4) is 0 Å². The molecule has 0 aromatic carbocycles. The summed E-state index contributed by atoms with van der Waals surface area (Å²) in [6.45, 7) is 6.92. The zero-order chi connectivity index (χ0) is 21.7. The Morgan fingerprint density at radius 2 is 1.10 bits per heavy atom. The van der Waals surface area contributed by atoms with E-state index in [1.807, 2.05) is 0 Å². The average molecular weight is 485 g/mol. The molecule has 176 valence electrons. The molecule has 0 aliphatic rings. The van der Waals surface area contributed by atoms with Gasteiger partial charge in [0.2, 0.25) is 0 Å². The van der Waals surface area contributed by atoms with Gasteiger partial charge in [0, 0.05) is 9.47 Å². The Bertz CT molecular complexity index is 332.